The molecule has 1 saturated heterocycles. The maximum Gasteiger partial charge on any atom is 0.305 e. The quantitative estimate of drug-likeness (QED) is 0.779. The highest BCUT2D eigenvalue weighted by Gasteiger charge is 2.20. The molecular weight excluding hydrogens is 274 g/mol. The van der Waals surface area contributed by atoms with Crippen LogP contribution in [0.25, 0.3) is 0 Å². The molecule has 1 aromatic rings. The van der Waals surface area contributed by atoms with Crippen molar-refractivity contribution in [1.29, 1.82) is 0 Å². The van der Waals surface area contributed by atoms with Gasteiger partial charge in [0.2, 0.25) is 0 Å². The molecule has 4 heteroatoms. The lowest BCUT2D eigenvalue weighted by Gasteiger charge is -2.32. The number of benzene rings is 1. The van der Waals surface area contributed by atoms with Gasteiger partial charge in [-0.25, -0.2) is 0 Å². The van der Waals surface area contributed by atoms with Gasteiger partial charge in [-0.15, -0.1) is 0 Å². The molecule has 0 aliphatic carbocycles. The van der Waals surface area contributed by atoms with E-state index in [4.69, 9.17) is 16.3 Å². The number of carbonyl (C=O) groups excluding carboxylic acids is 1. The average Bonchev–Trinajstić information content (AvgIpc) is 2.47. The van der Waals surface area contributed by atoms with Gasteiger partial charge >= 0.3 is 5.97 Å². The highest BCUT2D eigenvalue weighted by molar-refractivity contribution is 6.30. The van der Waals surface area contributed by atoms with Crippen LogP contribution in [0.15, 0.2) is 24.3 Å². The van der Waals surface area contributed by atoms with Crippen molar-refractivity contribution >= 4 is 17.6 Å². The first kappa shape index (κ1) is 15.3. The minimum absolute atomic E-state index is 0.0974. The predicted molar refractivity (Wildman–Crippen MR) is 80.7 cm³/mol. The minimum atomic E-state index is -0.0974. The second kappa shape index (κ2) is 7.65. The van der Waals surface area contributed by atoms with Gasteiger partial charge in [0, 0.05) is 24.5 Å². The summed E-state index contributed by atoms with van der Waals surface area (Å²) >= 11 is 5.90. The van der Waals surface area contributed by atoms with E-state index < -0.39 is 0 Å². The van der Waals surface area contributed by atoms with E-state index in [1.807, 2.05) is 12.1 Å². The van der Waals surface area contributed by atoms with E-state index in [0.29, 0.717) is 12.3 Å². The largest absolute Gasteiger partial charge is 0.469 e. The zero-order valence-electron chi connectivity index (χ0n) is 12.0. The molecule has 0 bridgehead atoms. The highest BCUT2D eigenvalue weighted by Crippen LogP contribution is 2.23. The summed E-state index contributed by atoms with van der Waals surface area (Å²) in [5.74, 6) is 0.509. The Hall–Kier alpha value is -1.06. The Morgan fingerprint density at radius 1 is 1.40 bits per heavy atom. The fourth-order valence-electron chi connectivity index (χ4n) is 2.80. The number of likely N-dealkylation sites (tertiary alicyclic amines) is 1. The van der Waals surface area contributed by atoms with Crippen molar-refractivity contribution in [3.8, 4) is 0 Å². The molecule has 1 aliphatic heterocycles. The van der Waals surface area contributed by atoms with E-state index in [2.05, 4.69) is 17.0 Å². The molecule has 110 valence electrons. The number of rotatable bonds is 5. The lowest BCUT2D eigenvalue weighted by molar-refractivity contribution is -0.141. The molecule has 2 rings (SSSR count). The number of carbonyl (C=O) groups is 1. The molecule has 20 heavy (non-hydrogen) atoms. The molecule has 0 spiro atoms. The molecule has 0 amide bonds. The second-order valence-corrected chi connectivity index (χ2v) is 5.92. The van der Waals surface area contributed by atoms with Gasteiger partial charge < -0.3 is 4.74 Å². The van der Waals surface area contributed by atoms with Crippen molar-refractivity contribution in [3.63, 3.8) is 0 Å². The second-order valence-electron chi connectivity index (χ2n) is 5.48. The Kier molecular flexibility index (Phi) is 5.86. The number of nitrogens with zero attached hydrogens (tertiary/aromatic N) is 1. The third kappa shape index (κ3) is 4.80. The first-order valence-corrected chi connectivity index (χ1v) is 7.59. The van der Waals surface area contributed by atoms with Gasteiger partial charge in [0.15, 0.2) is 0 Å². The third-order valence-corrected chi connectivity index (χ3v) is 4.16. The van der Waals surface area contributed by atoms with Crippen LogP contribution in [0.2, 0.25) is 5.02 Å². The van der Waals surface area contributed by atoms with E-state index in [9.17, 15) is 4.79 Å². The minimum Gasteiger partial charge on any atom is -0.469 e. The van der Waals surface area contributed by atoms with E-state index in [0.717, 1.165) is 31.1 Å². The van der Waals surface area contributed by atoms with Gasteiger partial charge in [0.25, 0.3) is 0 Å². The van der Waals surface area contributed by atoms with Crippen molar-refractivity contribution in [1.82, 2.24) is 4.90 Å². The highest BCUT2D eigenvalue weighted by atomic mass is 35.5. The molecule has 0 N–H and O–H groups in total. The van der Waals surface area contributed by atoms with Crippen LogP contribution >= 0.6 is 11.6 Å². The van der Waals surface area contributed by atoms with Gasteiger partial charge in [-0.1, -0.05) is 23.7 Å². The summed E-state index contributed by atoms with van der Waals surface area (Å²) in [6, 6.07) is 8.05. The summed E-state index contributed by atoms with van der Waals surface area (Å²) in [4.78, 5) is 13.7. The first-order chi connectivity index (χ1) is 9.67. The topological polar surface area (TPSA) is 29.5 Å². The summed E-state index contributed by atoms with van der Waals surface area (Å²) in [6.07, 6.45) is 3.90. The van der Waals surface area contributed by atoms with Gasteiger partial charge in [-0.2, -0.15) is 0 Å². The van der Waals surface area contributed by atoms with Crippen LogP contribution in [0.4, 0.5) is 0 Å². The molecule has 3 nitrogen and oxygen atoms in total. The lowest BCUT2D eigenvalue weighted by atomic mass is 9.93. The van der Waals surface area contributed by atoms with Crippen LogP contribution in [-0.2, 0) is 16.1 Å². The predicted octanol–water partition coefficient (Wildman–Crippen LogP) is 3.51. The molecular formula is C16H22ClNO2. The van der Waals surface area contributed by atoms with Crippen molar-refractivity contribution in [2.45, 2.75) is 32.2 Å². The Labute approximate surface area is 125 Å². The molecule has 0 saturated carbocycles. The number of ether oxygens (including phenoxy) is 1. The zero-order valence-corrected chi connectivity index (χ0v) is 12.7. The Morgan fingerprint density at radius 2 is 2.15 bits per heavy atom. The van der Waals surface area contributed by atoms with E-state index in [1.54, 1.807) is 0 Å². The van der Waals surface area contributed by atoms with Crippen LogP contribution in [0.5, 0.6) is 0 Å². The molecule has 1 fully saturated rings. The fourth-order valence-corrected chi connectivity index (χ4v) is 2.93. The van der Waals surface area contributed by atoms with Crippen LogP contribution in [0.1, 0.15) is 31.2 Å². The van der Waals surface area contributed by atoms with Crippen LogP contribution in [0, 0.1) is 5.92 Å². The van der Waals surface area contributed by atoms with Crippen molar-refractivity contribution in [2.24, 2.45) is 5.92 Å². The van der Waals surface area contributed by atoms with Crippen LogP contribution < -0.4 is 0 Å². The van der Waals surface area contributed by atoms with Crippen molar-refractivity contribution < 1.29 is 9.53 Å². The number of piperidine rings is 1. The molecule has 1 atom stereocenters. The number of esters is 1. The molecule has 1 unspecified atom stereocenters. The summed E-state index contributed by atoms with van der Waals surface area (Å²) in [5.41, 5.74) is 1.29. The van der Waals surface area contributed by atoms with Gasteiger partial charge in [-0.05, 0) is 49.4 Å². The summed E-state index contributed by atoms with van der Waals surface area (Å²) in [7, 11) is 1.45. The maximum atomic E-state index is 11.2. The zero-order chi connectivity index (χ0) is 14.4. The summed E-state index contributed by atoms with van der Waals surface area (Å²) in [6.45, 7) is 3.17. The van der Waals surface area contributed by atoms with Gasteiger partial charge in [0.1, 0.15) is 0 Å². The Bertz CT molecular complexity index is 433. The lowest BCUT2D eigenvalue weighted by Crippen LogP contribution is -2.35. The Morgan fingerprint density at radius 3 is 2.85 bits per heavy atom. The summed E-state index contributed by atoms with van der Waals surface area (Å²) < 4.78 is 4.71. The third-order valence-electron chi connectivity index (χ3n) is 3.91. The van der Waals surface area contributed by atoms with Gasteiger partial charge in [-0.3, -0.25) is 9.69 Å². The number of halogens is 1. The fraction of sp³-hybridized carbons (Fsp3) is 0.562. The standard InChI is InChI=1S/C16H22ClNO2/c1-20-16(19)9-6-13-3-2-10-18(11-13)12-14-4-7-15(17)8-5-14/h4-5,7-8,13H,2-3,6,9-12H2,1H3. The molecule has 1 aromatic carbocycles. The molecule has 1 aliphatic rings. The first-order valence-electron chi connectivity index (χ1n) is 7.21. The van der Waals surface area contributed by atoms with Gasteiger partial charge in [0.05, 0.1) is 7.11 Å². The molecule has 0 radical (unpaired) electrons. The van der Waals surface area contributed by atoms with E-state index >= 15 is 0 Å². The number of methoxy groups -OCH3 is 1. The van der Waals surface area contributed by atoms with Crippen LogP contribution in [0.3, 0.4) is 0 Å². The Balaban J connectivity index is 1.81. The summed E-state index contributed by atoms with van der Waals surface area (Å²) in [5, 5.41) is 0.781. The smallest absolute Gasteiger partial charge is 0.305 e. The van der Waals surface area contributed by atoms with E-state index in [-0.39, 0.29) is 5.97 Å². The number of hydrogen-bond donors (Lipinski definition) is 0. The SMILES string of the molecule is COC(=O)CCC1CCCN(Cc2ccc(Cl)cc2)C1. The van der Waals surface area contributed by atoms with E-state index in [1.165, 1.54) is 25.5 Å². The average molecular weight is 296 g/mol. The monoisotopic (exact) mass is 295 g/mol. The van der Waals surface area contributed by atoms with Crippen molar-refractivity contribution in [2.75, 3.05) is 20.2 Å². The van der Waals surface area contributed by atoms with Crippen molar-refractivity contribution in [3.05, 3.63) is 34.9 Å². The maximum absolute atomic E-state index is 11.2. The molecule has 1 heterocycles. The molecule has 0 aromatic heterocycles. The van der Waals surface area contributed by atoms with Crippen LogP contribution in [-0.4, -0.2) is 31.1 Å². The number of hydrogen-bond acceptors (Lipinski definition) is 3. The normalized spacial score (nSPS) is 19.8.